The van der Waals surface area contributed by atoms with Crippen LogP contribution in [0.4, 0.5) is 5.69 Å². The first-order valence-electron chi connectivity index (χ1n) is 18.4. The van der Waals surface area contributed by atoms with Crippen molar-refractivity contribution >= 4 is 34.3 Å². The zero-order valence-corrected chi connectivity index (χ0v) is 30.7. The molecule has 4 aromatic rings. The Morgan fingerprint density at radius 1 is 0.925 bits per heavy atom. The van der Waals surface area contributed by atoms with Crippen molar-refractivity contribution in [2.45, 2.75) is 38.1 Å². The van der Waals surface area contributed by atoms with E-state index in [0.29, 0.717) is 68.5 Å². The minimum atomic E-state index is -0.198. The Labute approximate surface area is 308 Å². The maximum atomic E-state index is 13.4. The summed E-state index contributed by atoms with van der Waals surface area (Å²) in [6.07, 6.45) is 6.44. The zero-order valence-electron chi connectivity index (χ0n) is 30.7. The van der Waals surface area contributed by atoms with Crippen LogP contribution in [0, 0.1) is 5.92 Å². The second-order valence-corrected chi connectivity index (χ2v) is 14.3. The molecule has 0 radical (unpaired) electrons. The van der Waals surface area contributed by atoms with Crippen molar-refractivity contribution in [3.05, 3.63) is 70.3 Å². The fourth-order valence-electron chi connectivity index (χ4n) is 7.82. The van der Waals surface area contributed by atoms with Crippen molar-refractivity contribution < 1.29 is 23.9 Å². The molecule has 3 saturated heterocycles. The van der Waals surface area contributed by atoms with Crippen molar-refractivity contribution in [1.82, 2.24) is 34.8 Å². The van der Waals surface area contributed by atoms with E-state index in [1.54, 1.807) is 38.2 Å². The molecular weight excluding hydrogens is 676 g/mol. The molecule has 0 saturated carbocycles. The molecular formula is C39H48N8O6. The van der Waals surface area contributed by atoms with E-state index in [2.05, 4.69) is 54.9 Å². The number of rotatable bonds is 11. The van der Waals surface area contributed by atoms with Gasteiger partial charge in [-0.1, -0.05) is 12.1 Å². The predicted octanol–water partition coefficient (Wildman–Crippen LogP) is 2.93. The van der Waals surface area contributed by atoms with Crippen LogP contribution >= 0.6 is 0 Å². The van der Waals surface area contributed by atoms with Crippen LogP contribution in [0.1, 0.15) is 42.7 Å². The van der Waals surface area contributed by atoms with Gasteiger partial charge in [-0.15, -0.1) is 0 Å². The molecule has 0 bridgehead atoms. The lowest BCUT2D eigenvalue weighted by atomic mass is 9.89. The third-order valence-electron chi connectivity index (χ3n) is 11.0. The highest BCUT2D eigenvalue weighted by Crippen LogP contribution is 2.38. The van der Waals surface area contributed by atoms with Gasteiger partial charge in [-0.2, -0.15) is 5.10 Å². The van der Waals surface area contributed by atoms with E-state index in [9.17, 15) is 19.2 Å². The number of hydrogen-bond acceptors (Lipinski definition) is 10. The van der Waals surface area contributed by atoms with Crippen molar-refractivity contribution in [2.75, 3.05) is 71.9 Å². The number of fused-ring (bicyclic) bond motifs is 1. The van der Waals surface area contributed by atoms with Crippen LogP contribution in [0.3, 0.4) is 0 Å². The van der Waals surface area contributed by atoms with Gasteiger partial charge in [0.25, 0.3) is 5.56 Å². The van der Waals surface area contributed by atoms with Crippen molar-refractivity contribution in [3.63, 3.8) is 0 Å². The first-order chi connectivity index (χ1) is 25.7. The van der Waals surface area contributed by atoms with Gasteiger partial charge in [0.2, 0.25) is 17.7 Å². The molecule has 53 heavy (non-hydrogen) atoms. The van der Waals surface area contributed by atoms with E-state index < -0.39 is 0 Å². The van der Waals surface area contributed by atoms with Gasteiger partial charge < -0.3 is 24.3 Å². The van der Waals surface area contributed by atoms with E-state index in [4.69, 9.17) is 9.47 Å². The number of benzene rings is 2. The summed E-state index contributed by atoms with van der Waals surface area (Å²) in [6, 6.07) is 12.4. The predicted molar refractivity (Wildman–Crippen MR) is 201 cm³/mol. The summed E-state index contributed by atoms with van der Waals surface area (Å²) in [6.45, 7) is 6.15. The highest BCUT2D eigenvalue weighted by Gasteiger charge is 2.28. The molecule has 0 aliphatic carbocycles. The number of piperidine rings is 2. The molecule has 7 rings (SSSR count). The first kappa shape index (κ1) is 36.2. The molecule has 14 heteroatoms. The molecule has 0 spiro atoms. The second-order valence-electron chi connectivity index (χ2n) is 14.3. The molecule has 3 aliphatic heterocycles. The van der Waals surface area contributed by atoms with Gasteiger partial charge in [0.1, 0.15) is 17.0 Å². The molecule has 3 N–H and O–H groups in total. The number of imide groups is 1. The van der Waals surface area contributed by atoms with Crippen molar-refractivity contribution in [3.8, 4) is 22.6 Å². The molecule has 3 amide bonds. The van der Waals surface area contributed by atoms with E-state index >= 15 is 0 Å². The van der Waals surface area contributed by atoms with Crippen LogP contribution in [-0.2, 0) is 28.0 Å². The van der Waals surface area contributed by atoms with E-state index in [1.165, 1.54) is 5.56 Å². The number of piperazine rings is 1. The van der Waals surface area contributed by atoms with Gasteiger partial charge >= 0.3 is 0 Å². The number of aryl methyl sites for hydroxylation is 1. The molecule has 5 heterocycles. The average Bonchev–Trinajstić information content (AvgIpc) is 3.67. The van der Waals surface area contributed by atoms with Gasteiger partial charge in [0.05, 0.1) is 38.4 Å². The quantitative estimate of drug-likeness (QED) is 0.197. The molecule has 2 aromatic carbocycles. The lowest BCUT2D eigenvalue weighted by Crippen LogP contribution is -2.51. The second kappa shape index (κ2) is 15.8. The first-order valence-corrected chi connectivity index (χ1v) is 18.4. The fourth-order valence-corrected chi connectivity index (χ4v) is 7.82. The molecule has 1 atom stereocenters. The van der Waals surface area contributed by atoms with Gasteiger partial charge in [-0.05, 0) is 73.7 Å². The van der Waals surface area contributed by atoms with Crippen LogP contribution in [0.15, 0.2) is 53.6 Å². The Morgan fingerprint density at radius 3 is 2.28 bits per heavy atom. The number of nitrogens with zero attached hydrogens (tertiary/aromatic N) is 5. The minimum absolute atomic E-state index is 0.141. The topological polar surface area (TPSA) is 154 Å². The molecule has 3 fully saturated rings. The van der Waals surface area contributed by atoms with E-state index in [1.807, 2.05) is 17.0 Å². The normalized spacial score (nSPS) is 19.0. The largest absolute Gasteiger partial charge is 0.496 e. The lowest BCUT2D eigenvalue weighted by Gasteiger charge is -2.37. The number of nitrogens with one attached hydrogen (secondary N) is 3. The Bertz CT molecular complexity index is 2000. The summed E-state index contributed by atoms with van der Waals surface area (Å²) in [5, 5.41) is 13.4. The number of hydrogen-bond donors (Lipinski definition) is 3. The number of aromatic nitrogens is 3. The Hall–Kier alpha value is -5.21. The minimum Gasteiger partial charge on any atom is -0.496 e. The molecule has 2 aromatic heterocycles. The van der Waals surface area contributed by atoms with Crippen LogP contribution < -0.4 is 25.7 Å². The highest BCUT2D eigenvalue weighted by molar-refractivity contribution is 5.99. The summed E-state index contributed by atoms with van der Waals surface area (Å²) < 4.78 is 13.3. The van der Waals surface area contributed by atoms with Crippen molar-refractivity contribution in [1.29, 1.82) is 0 Å². The SMILES string of the molecule is COc1cc(-c2cn(C)c(=O)c3[nH]ncc23)cc(OC)c1CN1CCN(C(=O)CN2CCC(c3ccc(NCC4CCC(=O)NC4=O)cc3)CC2)CC1. The molecule has 1 unspecified atom stereocenters. The van der Waals surface area contributed by atoms with Gasteiger partial charge in [0, 0.05) is 75.6 Å². The third-order valence-corrected chi connectivity index (χ3v) is 11.0. The van der Waals surface area contributed by atoms with E-state index in [0.717, 1.165) is 66.8 Å². The number of amides is 3. The number of aromatic amines is 1. The average molecular weight is 725 g/mol. The summed E-state index contributed by atoms with van der Waals surface area (Å²) in [4.78, 5) is 56.0. The van der Waals surface area contributed by atoms with Crippen LogP contribution in [0.2, 0.25) is 0 Å². The summed E-state index contributed by atoms with van der Waals surface area (Å²) in [5.41, 5.74) is 5.22. The molecule has 280 valence electrons. The smallest absolute Gasteiger partial charge is 0.276 e. The lowest BCUT2D eigenvalue weighted by molar-refractivity contribution is -0.136. The number of carbonyl (C=O) groups is 3. The Balaban J connectivity index is 0.884. The Kier molecular flexibility index (Phi) is 10.8. The standard InChI is InChI=1S/C39H48N8O6/c1-44-22-31(30-21-41-43-37(30)39(44)51)28-18-33(52-2)32(34(19-28)53-3)23-46-14-16-47(17-15-46)36(49)24-45-12-10-26(11-13-45)25-4-7-29(8-5-25)40-20-27-6-9-35(48)42-38(27)50/h4-5,7-8,18-19,21-22,26-27,40H,6,9-17,20,23-24H2,1-3H3,(H,41,43)(H,42,48,50). The molecule has 3 aliphatic rings. The zero-order chi connectivity index (χ0) is 37.1. The fraction of sp³-hybridized carbons (Fsp3) is 0.462. The van der Waals surface area contributed by atoms with Crippen LogP contribution in [0.5, 0.6) is 11.5 Å². The van der Waals surface area contributed by atoms with Crippen LogP contribution in [-0.4, -0.2) is 114 Å². The van der Waals surface area contributed by atoms with Gasteiger partial charge in [0.15, 0.2) is 0 Å². The maximum absolute atomic E-state index is 13.4. The van der Waals surface area contributed by atoms with Gasteiger partial charge in [-0.3, -0.25) is 39.4 Å². The number of anilines is 1. The van der Waals surface area contributed by atoms with Crippen LogP contribution in [0.25, 0.3) is 22.0 Å². The highest BCUT2D eigenvalue weighted by atomic mass is 16.5. The monoisotopic (exact) mass is 724 g/mol. The summed E-state index contributed by atoms with van der Waals surface area (Å²) in [7, 11) is 5.02. The number of H-pyrrole nitrogens is 1. The Morgan fingerprint density at radius 2 is 1.62 bits per heavy atom. The number of ether oxygens (including phenoxy) is 2. The van der Waals surface area contributed by atoms with E-state index in [-0.39, 0.29) is 29.2 Å². The molecule has 14 nitrogen and oxygen atoms in total. The number of likely N-dealkylation sites (tertiary alicyclic amines) is 1. The number of carbonyl (C=O) groups excluding carboxylic acids is 3. The summed E-state index contributed by atoms with van der Waals surface area (Å²) >= 11 is 0. The third kappa shape index (κ3) is 7.93. The van der Waals surface area contributed by atoms with Gasteiger partial charge in [-0.25, -0.2) is 0 Å². The summed E-state index contributed by atoms with van der Waals surface area (Å²) in [5.74, 6) is 1.43. The van der Waals surface area contributed by atoms with Crippen molar-refractivity contribution in [2.24, 2.45) is 13.0 Å². The number of methoxy groups -OCH3 is 2. The number of pyridine rings is 1. The maximum Gasteiger partial charge on any atom is 0.276 e.